The highest BCUT2D eigenvalue weighted by molar-refractivity contribution is 6.27. The number of hydrogen-bond acceptors (Lipinski definition) is 4. The maximum atomic E-state index is 13.1. The molecule has 2 atom stereocenters. The van der Waals surface area contributed by atoms with E-state index in [0.29, 0.717) is 30.6 Å². The zero-order chi connectivity index (χ0) is 20.8. The standard InChI is InChI=1S/C24H23ClN2O2/c1-23(2)12-18(28)20-19(13-23)29-22(27)17(14-26)21(20)24(25)10-8-16(9-11-24)15-6-4-3-5-7-15/h3-10,21H,11-13,27H2,1-2H3. The van der Waals surface area contributed by atoms with E-state index in [1.165, 1.54) is 0 Å². The molecule has 1 aromatic carbocycles. The van der Waals surface area contributed by atoms with Crippen LogP contribution in [-0.2, 0) is 9.53 Å². The molecule has 0 aromatic heterocycles. The van der Waals surface area contributed by atoms with Gasteiger partial charge in [-0.05, 0) is 23.0 Å². The highest BCUT2D eigenvalue weighted by atomic mass is 35.5. The van der Waals surface area contributed by atoms with E-state index < -0.39 is 10.8 Å². The SMILES string of the molecule is CC1(C)CC(=O)C2=C(C1)OC(N)=C(C#N)C2C1(Cl)C=CC(c2ccccc2)=CC1. The lowest BCUT2D eigenvalue weighted by Gasteiger charge is -2.42. The van der Waals surface area contributed by atoms with Gasteiger partial charge in [0.2, 0.25) is 5.88 Å². The van der Waals surface area contributed by atoms with E-state index in [2.05, 4.69) is 12.1 Å². The van der Waals surface area contributed by atoms with Crippen LogP contribution in [0.25, 0.3) is 5.57 Å². The first kappa shape index (κ1) is 19.5. The minimum absolute atomic E-state index is 0.0206. The summed E-state index contributed by atoms with van der Waals surface area (Å²) in [6.07, 6.45) is 7.38. The van der Waals surface area contributed by atoms with Crippen molar-refractivity contribution in [2.24, 2.45) is 17.1 Å². The number of hydrogen-bond donors (Lipinski definition) is 1. The molecule has 3 aliphatic rings. The van der Waals surface area contributed by atoms with Gasteiger partial charge in [0.15, 0.2) is 5.78 Å². The fraction of sp³-hybridized carbons (Fsp3) is 0.333. The first-order chi connectivity index (χ1) is 13.7. The average molecular weight is 407 g/mol. The van der Waals surface area contributed by atoms with Crippen molar-refractivity contribution < 1.29 is 9.53 Å². The molecular formula is C24H23ClN2O2. The van der Waals surface area contributed by atoms with Gasteiger partial charge in [0.1, 0.15) is 11.8 Å². The van der Waals surface area contributed by atoms with Gasteiger partial charge in [-0.25, -0.2) is 0 Å². The molecule has 0 saturated carbocycles. The van der Waals surface area contributed by atoms with Crippen LogP contribution in [0.5, 0.6) is 0 Å². The van der Waals surface area contributed by atoms with E-state index in [-0.39, 0.29) is 22.7 Å². The van der Waals surface area contributed by atoms with Gasteiger partial charge in [0.25, 0.3) is 0 Å². The van der Waals surface area contributed by atoms with Crippen LogP contribution in [0.4, 0.5) is 0 Å². The zero-order valence-corrected chi connectivity index (χ0v) is 17.3. The van der Waals surface area contributed by atoms with E-state index >= 15 is 0 Å². The Hall–Kier alpha value is -2.77. The van der Waals surface area contributed by atoms with Gasteiger partial charge in [-0.15, -0.1) is 11.6 Å². The third kappa shape index (κ3) is 3.41. The topological polar surface area (TPSA) is 76.1 Å². The van der Waals surface area contributed by atoms with Crippen LogP contribution >= 0.6 is 11.6 Å². The van der Waals surface area contributed by atoms with Crippen molar-refractivity contribution in [2.45, 2.75) is 38.0 Å². The van der Waals surface area contributed by atoms with Crippen LogP contribution in [0.15, 0.2) is 71.3 Å². The summed E-state index contributed by atoms with van der Waals surface area (Å²) in [6.45, 7) is 4.05. The molecule has 1 aliphatic heterocycles. The van der Waals surface area contributed by atoms with Gasteiger partial charge >= 0.3 is 0 Å². The maximum absolute atomic E-state index is 13.1. The van der Waals surface area contributed by atoms with Gasteiger partial charge in [-0.1, -0.05) is 62.4 Å². The molecule has 2 N–H and O–H groups in total. The lowest BCUT2D eigenvalue weighted by Crippen LogP contribution is -2.42. The largest absolute Gasteiger partial charge is 0.444 e. The third-order valence-corrected chi connectivity index (χ3v) is 6.34. The fourth-order valence-electron chi connectivity index (χ4n) is 4.45. The number of Topliss-reactive ketones (excluding diaryl/α,β-unsaturated/α-hetero) is 1. The first-order valence-electron chi connectivity index (χ1n) is 9.72. The van der Waals surface area contributed by atoms with E-state index in [0.717, 1.165) is 11.1 Å². The van der Waals surface area contributed by atoms with Crippen LogP contribution < -0.4 is 5.73 Å². The summed E-state index contributed by atoms with van der Waals surface area (Å²) in [5.41, 5.74) is 8.78. The molecule has 0 saturated heterocycles. The van der Waals surface area contributed by atoms with Gasteiger partial charge in [0, 0.05) is 18.4 Å². The highest BCUT2D eigenvalue weighted by Crippen LogP contribution is 2.51. The second kappa shape index (κ2) is 6.93. The van der Waals surface area contributed by atoms with Crippen molar-refractivity contribution in [1.82, 2.24) is 0 Å². The fourth-order valence-corrected chi connectivity index (χ4v) is 4.81. The van der Waals surface area contributed by atoms with E-state index in [1.54, 1.807) is 0 Å². The van der Waals surface area contributed by atoms with Gasteiger partial charge < -0.3 is 10.5 Å². The molecule has 4 nitrogen and oxygen atoms in total. The number of benzene rings is 1. The molecule has 5 heteroatoms. The molecule has 29 heavy (non-hydrogen) atoms. The Labute approximate surface area is 176 Å². The van der Waals surface area contributed by atoms with Crippen molar-refractivity contribution in [3.8, 4) is 6.07 Å². The number of halogens is 1. The Morgan fingerprint density at radius 3 is 2.59 bits per heavy atom. The third-order valence-electron chi connectivity index (χ3n) is 5.84. The molecule has 1 aromatic rings. The molecular weight excluding hydrogens is 384 g/mol. The Balaban J connectivity index is 1.76. The van der Waals surface area contributed by atoms with Gasteiger partial charge in [-0.3, -0.25) is 4.79 Å². The lowest BCUT2D eigenvalue weighted by atomic mass is 9.67. The zero-order valence-electron chi connectivity index (χ0n) is 16.5. The normalized spacial score (nSPS) is 28.4. The summed E-state index contributed by atoms with van der Waals surface area (Å²) in [4.78, 5) is 12.1. The number of nitrogens with two attached hydrogens (primary N) is 1. The second-order valence-corrected chi connectivity index (χ2v) is 9.40. The number of nitrogens with zero attached hydrogens (tertiary/aromatic N) is 1. The molecule has 0 bridgehead atoms. The minimum atomic E-state index is -0.949. The molecule has 0 amide bonds. The molecule has 2 aliphatic carbocycles. The summed E-state index contributed by atoms with van der Waals surface area (Å²) in [6, 6.07) is 12.2. The molecule has 2 unspecified atom stereocenters. The van der Waals surface area contributed by atoms with Crippen LogP contribution in [0.3, 0.4) is 0 Å². The van der Waals surface area contributed by atoms with Crippen molar-refractivity contribution in [3.63, 3.8) is 0 Å². The first-order valence-corrected chi connectivity index (χ1v) is 10.1. The van der Waals surface area contributed by atoms with E-state index in [1.807, 2.05) is 56.3 Å². The predicted octanol–water partition coefficient (Wildman–Crippen LogP) is 4.99. The number of alkyl halides is 1. The number of carbonyl (C=O) groups excluding carboxylic acids is 1. The number of nitriles is 1. The highest BCUT2D eigenvalue weighted by Gasteiger charge is 2.50. The molecule has 148 valence electrons. The monoisotopic (exact) mass is 406 g/mol. The Kier molecular flexibility index (Phi) is 4.67. The minimum Gasteiger partial charge on any atom is -0.444 e. The number of allylic oxidation sites excluding steroid dienone is 7. The number of rotatable bonds is 2. The summed E-state index contributed by atoms with van der Waals surface area (Å²) < 4.78 is 5.75. The molecule has 4 rings (SSSR count). The smallest absolute Gasteiger partial charge is 0.204 e. The van der Waals surface area contributed by atoms with E-state index in [9.17, 15) is 10.1 Å². The molecule has 0 radical (unpaired) electrons. The summed E-state index contributed by atoms with van der Waals surface area (Å²) in [7, 11) is 0. The summed E-state index contributed by atoms with van der Waals surface area (Å²) in [5.74, 6) is -0.0360. The van der Waals surface area contributed by atoms with Crippen molar-refractivity contribution in [1.29, 1.82) is 5.26 Å². The molecule has 0 fully saturated rings. The van der Waals surface area contributed by atoms with Crippen molar-refractivity contribution >= 4 is 23.0 Å². The van der Waals surface area contributed by atoms with Crippen LogP contribution in [0, 0.1) is 22.7 Å². The van der Waals surface area contributed by atoms with E-state index in [4.69, 9.17) is 22.1 Å². The number of carbonyl (C=O) groups is 1. The quantitative estimate of drug-likeness (QED) is 0.702. The van der Waals surface area contributed by atoms with Gasteiger partial charge in [-0.2, -0.15) is 5.26 Å². The second-order valence-electron chi connectivity index (χ2n) is 8.69. The Morgan fingerprint density at radius 2 is 1.97 bits per heavy atom. The molecule has 1 heterocycles. The number of ether oxygens (including phenoxy) is 1. The predicted molar refractivity (Wildman–Crippen MR) is 113 cm³/mol. The summed E-state index contributed by atoms with van der Waals surface area (Å²) in [5, 5.41) is 9.79. The van der Waals surface area contributed by atoms with Crippen LogP contribution in [0.2, 0.25) is 0 Å². The van der Waals surface area contributed by atoms with Crippen LogP contribution in [0.1, 0.15) is 38.7 Å². The van der Waals surface area contributed by atoms with Crippen molar-refractivity contribution in [2.75, 3.05) is 0 Å². The molecule has 0 spiro atoms. The number of ketones is 1. The summed E-state index contributed by atoms with van der Waals surface area (Å²) >= 11 is 7.09. The van der Waals surface area contributed by atoms with Gasteiger partial charge in [0.05, 0.1) is 16.4 Å². The van der Waals surface area contributed by atoms with Crippen molar-refractivity contribution in [3.05, 3.63) is 76.9 Å². The average Bonchev–Trinajstić information content (AvgIpc) is 2.67. The Bertz CT molecular complexity index is 1040. The Morgan fingerprint density at radius 1 is 1.24 bits per heavy atom. The van der Waals surface area contributed by atoms with Crippen LogP contribution in [-0.4, -0.2) is 10.7 Å². The maximum Gasteiger partial charge on any atom is 0.204 e. The lowest BCUT2D eigenvalue weighted by molar-refractivity contribution is -0.119.